The SMILES string of the molecule is CC1=Nc2oc(CC(C)(C)C)nc2C1.Cc1nc2sc(CC(C)(C)C)nc2s1. The molecule has 0 saturated carbocycles. The molecule has 0 amide bonds. The molecule has 152 valence electrons. The Balaban J connectivity index is 0.000000161. The summed E-state index contributed by atoms with van der Waals surface area (Å²) in [5.41, 5.74) is 2.63. The van der Waals surface area contributed by atoms with Crippen molar-refractivity contribution in [2.45, 2.75) is 74.7 Å². The summed E-state index contributed by atoms with van der Waals surface area (Å²) in [6, 6.07) is 0. The van der Waals surface area contributed by atoms with Gasteiger partial charge < -0.3 is 4.42 Å². The van der Waals surface area contributed by atoms with E-state index in [1.54, 1.807) is 22.7 Å². The van der Waals surface area contributed by atoms with Crippen molar-refractivity contribution in [3.05, 3.63) is 21.6 Å². The van der Waals surface area contributed by atoms with Crippen LogP contribution in [0.15, 0.2) is 9.41 Å². The number of thiazole rings is 2. The molecule has 1 aliphatic rings. The molecule has 0 radical (unpaired) electrons. The van der Waals surface area contributed by atoms with Gasteiger partial charge in [-0.3, -0.25) is 0 Å². The van der Waals surface area contributed by atoms with Gasteiger partial charge in [-0.25, -0.2) is 19.9 Å². The van der Waals surface area contributed by atoms with Crippen LogP contribution in [0, 0.1) is 17.8 Å². The molecule has 0 aromatic carbocycles. The van der Waals surface area contributed by atoms with Gasteiger partial charge in [-0.1, -0.05) is 64.2 Å². The lowest BCUT2D eigenvalue weighted by Gasteiger charge is -2.15. The van der Waals surface area contributed by atoms with E-state index in [-0.39, 0.29) is 5.41 Å². The van der Waals surface area contributed by atoms with Gasteiger partial charge in [-0.2, -0.15) is 0 Å². The van der Waals surface area contributed by atoms with E-state index in [9.17, 15) is 0 Å². The maximum atomic E-state index is 5.57. The highest BCUT2D eigenvalue weighted by molar-refractivity contribution is 7.26. The molecule has 0 atom stereocenters. The van der Waals surface area contributed by atoms with Gasteiger partial charge in [-0.05, 0) is 24.7 Å². The van der Waals surface area contributed by atoms with Crippen molar-refractivity contribution >= 4 is 43.9 Å². The van der Waals surface area contributed by atoms with Crippen molar-refractivity contribution in [1.82, 2.24) is 15.0 Å². The van der Waals surface area contributed by atoms with Crippen molar-refractivity contribution in [3.63, 3.8) is 0 Å². The van der Waals surface area contributed by atoms with Crippen LogP contribution < -0.4 is 0 Å². The van der Waals surface area contributed by atoms with Crippen LogP contribution in [0.4, 0.5) is 5.88 Å². The molecule has 0 unspecified atom stereocenters. The molecule has 7 heteroatoms. The molecule has 0 aliphatic carbocycles. The maximum absolute atomic E-state index is 5.57. The topological polar surface area (TPSA) is 64.2 Å². The Kier molecular flexibility index (Phi) is 5.79. The molecule has 0 fully saturated rings. The summed E-state index contributed by atoms with van der Waals surface area (Å²) in [7, 11) is 0. The Hall–Kier alpha value is -1.60. The molecule has 0 bridgehead atoms. The van der Waals surface area contributed by atoms with E-state index in [4.69, 9.17) is 4.42 Å². The molecular weight excluding hydrogens is 388 g/mol. The van der Waals surface area contributed by atoms with Crippen LogP contribution in [0.3, 0.4) is 0 Å². The number of hydrogen-bond donors (Lipinski definition) is 0. The Morgan fingerprint density at radius 2 is 1.50 bits per heavy atom. The van der Waals surface area contributed by atoms with Crippen LogP contribution in [0.25, 0.3) is 9.66 Å². The summed E-state index contributed by atoms with van der Waals surface area (Å²) in [5, 5.41) is 2.33. The van der Waals surface area contributed by atoms with Crippen LogP contribution >= 0.6 is 22.7 Å². The lowest BCUT2D eigenvalue weighted by atomic mass is 9.92. The molecule has 4 heterocycles. The van der Waals surface area contributed by atoms with E-state index in [0.29, 0.717) is 5.41 Å². The summed E-state index contributed by atoms with van der Waals surface area (Å²) in [6.07, 6.45) is 2.76. The fraction of sp³-hybridized carbons (Fsp3) is 0.619. The van der Waals surface area contributed by atoms with Crippen LogP contribution in [-0.4, -0.2) is 20.7 Å². The van der Waals surface area contributed by atoms with Crippen LogP contribution in [0.5, 0.6) is 0 Å². The van der Waals surface area contributed by atoms with E-state index in [2.05, 4.69) is 61.5 Å². The van der Waals surface area contributed by atoms with E-state index in [0.717, 1.165) is 57.1 Å². The number of fused-ring (bicyclic) bond motifs is 2. The van der Waals surface area contributed by atoms with Crippen molar-refractivity contribution in [2.75, 3.05) is 0 Å². The molecule has 28 heavy (non-hydrogen) atoms. The van der Waals surface area contributed by atoms with Crippen LogP contribution in [0.1, 0.15) is 70.1 Å². The maximum Gasteiger partial charge on any atom is 0.243 e. The van der Waals surface area contributed by atoms with E-state index >= 15 is 0 Å². The van der Waals surface area contributed by atoms with Gasteiger partial charge in [0.2, 0.25) is 5.88 Å². The zero-order chi connectivity index (χ0) is 20.7. The Morgan fingerprint density at radius 1 is 0.857 bits per heavy atom. The molecule has 3 aromatic rings. The predicted octanol–water partition coefficient (Wildman–Crippen LogP) is 6.56. The number of aliphatic imine (C=N–C) groups is 1. The first-order chi connectivity index (χ1) is 12.9. The lowest BCUT2D eigenvalue weighted by Crippen LogP contribution is -2.09. The lowest BCUT2D eigenvalue weighted by molar-refractivity contribution is 0.357. The summed E-state index contributed by atoms with van der Waals surface area (Å²) in [5.74, 6) is 1.54. The molecule has 5 nitrogen and oxygen atoms in total. The minimum Gasteiger partial charge on any atom is -0.423 e. The van der Waals surface area contributed by atoms with Gasteiger partial charge >= 0.3 is 0 Å². The number of nitrogens with zero attached hydrogens (tertiary/aromatic N) is 4. The van der Waals surface area contributed by atoms with E-state index < -0.39 is 0 Å². The molecular formula is C21H30N4OS2. The van der Waals surface area contributed by atoms with Crippen molar-refractivity contribution in [3.8, 4) is 0 Å². The van der Waals surface area contributed by atoms with Gasteiger partial charge in [0, 0.05) is 25.0 Å². The molecule has 4 rings (SSSR count). The summed E-state index contributed by atoms with van der Waals surface area (Å²) >= 11 is 3.42. The second-order valence-electron chi connectivity index (χ2n) is 9.81. The average Bonchev–Trinajstić information content (AvgIpc) is 3.15. The predicted molar refractivity (Wildman–Crippen MR) is 119 cm³/mol. The number of rotatable bonds is 2. The number of aromatic nitrogens is 3. The summed E-state index contributed by atoms with van der Waals surface area (Å²) in [6.45, 7) is 17.3. The molecule has 0 N–H and O–H groups in total. The average molecular weight is 419 g/mol. The monoisotopic (exact) mass is 418 g/mol. The first kappa shape index (κ1) is 21.1. The Bertz CT molecular complexity index is 965. The van der Waals surface area contributed by atoms with Gasteiger partial charge in [-0.15, -0.1) is 0 Å². The number of hydrogen-bond acceptors (Lipinski definition) is 7. The van der Waals surface area contributed by atoms with Crippen molar-refractivity contribution in [2.24, 2.45) is 15.8 Å². The van der Waals surface area contributed by atoms with Crippen molar-refractivity contribution in [1.29, 1.82) is 0 Å². The first-order valence-electron chi connectivity index (χ1n) is 9.63. The van der Waals surface area contributed by atoms with Crippen LogP contribution in [-0.2, 0) is 19.3 Å². The van der Waals surface area contributed by atoms with Crippen LogP contribution in [0.2, 0.25) is 0 Å². The van der Waals surface area contributed by atoms with E-state index in [1.165, 1.54) is 5.01 Å². The third kappa shape index (κ3) is 5.70. The fourth-order valence-corrected chi connectivity index (χ4v) is 5.14. The third-order valence-corrected chi connectivity index (χ3v) is 5.87. The summed E-state index contributed by atoms with van der Waals surface area (Å²) < 4.78 is 5.57. The van der Waals surface area contributed by atoms with Gasteiger partial charge in [0.05, 0.1) is 10.0 Å². The smallest absolute Gasteiger partial charge is 0.243 e. The highest BCUT2D eigenvalue weighted by atomic mass is 32.1. The standard InChI is InChI=1S/C11H16N2O.C10H14N2S2/c1-7-5-8-10(12-7)14-9(13-8)6-11(2,3)4;1-6-11-8-9(13-6)12-7(14-8)5-10(2,3)4/h5-6H2,1-4H3;5H2,1-4H3. The Labute approximate surface area is 175 Å². The largest absolute Gasteiger partial charge is 0.423 e. The number of oxazole rings is 1. The zero-order valence-electron chi connectivity index (χ0n) is 18.1. The van der Waals surface area contributed by atoms with Gasteiger partial charge in [0.1, 0.15) is 5.69 Å². The molecule has 3 aromatic heterocycles. The summed E-state index contributed by atoms with van der Waals surface area (Å²) in [4.78, 5) is 20.0. The highest BCUT2D eigenvalue weighted by Crippen LogP contribution is 2.31. The van der Waals surface area contributed by atoms with Gasteiger partial charge in [0.25, 0.3) is 0 Å². The van der Waals surface area contributed by atoms with Gasteiger partial charge in [0.15, 0.2) is 15.6 Å². The molecule has 1 aliphatic heterocycles. The second-order valence-corrected chi connectivity index (χ2v) is 12.1. The van der Waals surface area contributed by atoms with Crippen molar-refractivity contribution < 1.29 is 4.42 Å². The zero-order valence-corrected chi connectivity index (χ0v) is 19.8. The van der Waals surface area contributed by atoms with E-state index in [1.807, 2.05) is 13.8 Å². The quantitative estimate of drug-likeness (QED) is 0.472. The Morgan fingerprint density at radius 3 is 2.07 bits per heavy atom. The minimum atomic E-state index is 0.220. The molecule has 0 spiro atoms. The number of aryl methyl sites for hydroxylation is 1. The minimum absolute atomic E-state index is 0.220. The first-order valence-corrected chi connectivity index (χ1v) is 11.3. The third-order valence-electron chi connectivity index (χ3n) is 3.93. The molecule has 0 saturated heterocycles. The fourth-order valence-electron chi connectivity index (χ4n) is 2.89. The second kappa shape index (κ2) is 7.67. The highest BCUT2D eigenvalue weighted by Gasteiger charge is 2.22. The normalized spacial score (nSPS) is 14.1.